The zero-order valence-electron chi connectivity index (χ0n) is 12.9. The number of hydrogen-bond donors (Lipinski definition) is 1. The van der Waals surface area contributed by atoms with Gasteiger partial charge >= 0.3 is 0 Å². The zero-order valence-corrected chi connectivity index (χ0v) is 12.9. The Morgan fingerprint density at radius 1 is 1.17 bits per heavy atom. The Morgan fingerprint density at radius 2 is 1.79 bits per heavy atom. The van der Waals surface area contributed by atoms with Crippen LogP contribution in [0.4, 0.5) is 5.69 Å². The highest BCUT2D eigenvalue weighted by Gasteiger charge is 2.19. The minimum Gasteiger partial charge on any atom is -0.286 e. The number of nitrogens with zero attached hydrogens (tertiary/aromatic N) is 3. The monoisotopic (exact) mass is 324 g/mol. The van der Waals surface area contributed by atoms with Crippen LogP contribution in [0.3, 0.4) is 0 Å². The lowest BCUT2D eigenvalue weighted by Crippen LogP contribution is -2.32. The summed E-state index contributed by atoms with van der Waals surface area (Å²) in [6.45, 7) is 1.79. The molecule has 7 heteroatoms. The average molecular weight is 324 g/mol. The van der Waals surface area contributed by atoms with Gasteiger partial charge in [-0.05, 0) is 28.8 Å². The molecule has 1 aliphatic rings. The molecule has 1 heterocycles. The molecule has 1 aliphatic heterocycles. The molecular weight excluding hydrogens is 308 g/mol. The summed E-state index contributed by atoms with van der Waals surface area (Å²) in [6, 6.07) is 14.1. The van der Waals surface area contributed by atoms with E-state index in [0.29, 0.717) is 5.56 Å². The van der Waals surface area contributed by atoms with Crippen molar-refractivity contribution in [3.63, 3.8) is 0 Å². The van der Waals surface area contributed by atoms with Crippen molar-refractivity contribution < 1.29 is 9.72 Å². The number of nitro groups is 1. The van der Waals surface area contributed by atoms with Gasteiger partial charge in [0.15, 0.2) is 0 Å². The van der Waals surface area contributed by atoms with Crippen molar-refractivity contribution in [3.05, 3.63) is 75.3 Å². The molecule has 0 radical (unpaired) electrons. The first-order valence-electron chi connectivity index (χ1n) is 7.47. The van der Waals surface area contributed by atoms with Gasteiger partial charge in [0.2, 0.25) is 0 Å². The average Bonchev–Trinajstić information content (AvgIpc) is 2.97. The summed E-state index contributed by atoms with van der Waals surface area (Å²) in [5.74, 6) is -0.194. The zero-order chi connectivity index (χ0) is 16.9. The van der Waals surface area contributed by atoms with E-state index in [1.807, 2.05) is 17.0 Å². The lowest BCUT2D eigenvalue weighted by molar-refractivity contribution is -0.384. The maximum Gasteiger partial charge on any atom is 0.269 e. The molecule has 24 heavy (non-hydrogen) atoms. The van der Waals surface area contributed by atoms with Crippen molar-refractivity contribution in [2.75, 3.05) is 6.54 Å². The van der Waals surface area contributed by atoms with Gasteiger partial charge in [-0.15, -0.1) is 0 Å². The molecule has 0 fully saturated rings. The highest BCUT2D eigenvalue weighted by atomic mass is 16.6. The predicted molar refractivity (Wildman–Crippen MR) is 89.4 cm³/mol. The summed E-state index contributed by atoms with van der Waals surface area (Å²) in [4.78, 5) is 24.1. The standard InChI is InChI=1S/C17H16N4O3/c22-17(12-20-10-14-3-1-2-4-15(14)11-20)19-18-9-13-5-7-16(8-6-13)21(23)24/h1-9H,10-12H2,(H,19,22)/b18-9-. The summed E-state index contributed by atoms with van der Waals surface area (Å²) >= 11 is 0. The SMILES string of the molecule is O=C(CN1Cc2ccccc2C1)N/N=C\c1ccc([N+](=O)[O-])cc1. The molecule has 122 valence electrons. The molecule has 0 aliphatic carbocycles. The van der Waals surface area contributed by atoms with E-state index in [2.05, 4.69) is 22.7 Å². The van der Waals surface area contributed by atoms with Crippen molar-refractivity contribution in [2.24, 2.45) is 5.10 Å². The summed E-state index contributed by atoms with van der Waals surface area (Å²) in [5, 5.41) is 14.5. The maximum absolute atomic E-state index is 11.9. The summed E-state index contributed by atoms with van der Waals surface area (Å²) in [7, 11) is 0. The number of carbonyl (C=O) groups excluding carboxylic acids is 1. The second-order valence-corrected chi connectivity index (χ2v) is 5.56. The van der Waals surface area contributed by atoms with E-state index in [1.165, 1.54) is 29.5 Å². The van der Waals surface area contributed by atoms with E-state index >= 15 is 0 Å². The number of carbonyl (C=O) groups is 1. The Labute approximate surface area is 138 Å². The normalized spacial score (nSPS) is 13.8. The van der Waals surface area contributed by atoms with Crippen LogP contribution in [0.25, 0.3) is 0 Å². The van der Waals surface area contributed by atoms with E-state index in [4.69, 9.17) is 0 Å². The van der Waals surface area contributed by atoms with Crippen molar-refractivity contribution in [2.45, 2.75) is 13.1 Å². The molecule has 3 rings (SSSR count). The molecule has 0 bridgehead atoms. The van der Waals surface area contributed by atoms with Crippen LogP contribution in [0.2, 0.25) is 0 Å². The number of non-ortho nitro benzene ring substituents is 1. The fraction of sp³-hybridized carbons (Fsp3) is 0.176. The Hall–Kier alpha value is -3.06. The molecule has 0 saturated carbocycles. The Morgan fingerprint density at radius 3 is 2.38 bits per heavy atom. The number of nitro benzene ring substituents is 1. The largest absolute Gasteiger partial charge is 0.286 e. The van der Waals surface area contributed by atoms with Gasteiger partial charge in [0.05, 0.1) is 17.7 Å². The van der Waals surface area contributed by atoms with Crippen LogP contribution in [0, 0.1) is 10.1 Å². The molecule has 0 aromatic heterocycles. The quantitative estimate of drug-likeness (QED) is 0.518. The first-order chi connectivity index (χ1) is 11.6. The molecule has 0 unspecified atom stereocenters. The molecule has 7 nitrogen and oxygen atoms in total. The van der Waals surface area contributed by atoms with Gasteiger partial charge in [-0.25, -0.2) is 5.43 Å². The van der Waals surface area contributed by atoms with Gasteiger partial charge in [-0.2, -0.15) is 5.10 Å². The fourth-order valence-electron chi connectivity index (χ4n) is 2.61. The van der Waals surface area contributed by atoms with Crippen LogP contribution in [-0.2, 0) is 17.9 Å². The van der Waals surface area contributed by atoms with E-state index < -0.39 is 4.92 Å². The van der Waals surface area contributed by atoms with Gasteiger partial charge in [-0.3, -0.25) is 19.8 Å². The summed E-state index contributed by atoms with van der Waals surface area (Å²) < 4.78 is 0. The topological polar surface area (TPSA) is 87.8 Å². The van der Waals surface area contributed by atoms with Crippen molar-refractivity contribution in [3.8, 4) is 0 Å². The fourth-order valence-corrected chi connectivity index (χ4v) is 2.61. The Kier molecular flexibility index (Phi) is 4.62. The minimum absolute atomic E-state index is 0.0183. The van der Waals surface area contributed by atoms with Gasteiger partial charge in [0, 0.05) is 25.2 Å². The first kappa shape index (κ1) is 15.8. The Bertz CT molecular complexity index is 762. The molecule has 0 atom stereocenters. The smallest absolute Gasteiger partial charge is 0.269 e. The number of benzene rings is 2. The van der Waals surface area contributed by atoms with Crippen molar-refractivity contribution in [1.82, 2.24) is 10.3 Å². The van der Waals surface area contributed by atoms with Crippen LogP contribution in [0.15, 0.2) is 53.6 Å². The Balaban J connectivity index is 1.48. The molecular formula is C17H16N4O3. The van der Waals surface area contributed by atoms with Crippen molar-refractivity contribution in [1.29, 1.82) is 0 Å². The molecule has 1 amide bonds. The second kappa shape index (κ2) is 7.01. The number of hydrogen-bond acceptors (Lipinski definition) is 5. The third-order valence-corrected chi connectivity index (χ3v) is 3.78. The molecule has 0 spiro atoms. The minimum atomic E-state index is -0.462. The van der Waals surface area contributed by atoms with E-state index in [-0.39, 0.29) is 18.1 Å². The molecule has 1 N–H and O–H groups in total. The lowest BCUT2D eigenvalue weighted by Gasteiger charge is -2.12. The summed E-state index contributed by atoms with van der Waals surface area (Å²) in [5.41, 5.74) is 5.67. The number of amides is 1. The molecule has 2 aromatic rings. The molecule has 0 saturated heterocycles. The number of hydrazone groups is 1. The third-order valence-electron chi connectivity index (χ3n) is 3.78. The second-order valence-electron chi connectivity index (χ2n) is 5.56. The van der Waals surface area contributed by atoms with Crippen molar-refractivity contribution >= 4 is 17.8 Å². The van der Waals surface area contributed by atoms with Gasteiger partial charge in [-0.1, -0.05) is 24.3 Å². The predicted octanol–water partition coefficient (Wildman–Crippen LogP) is 2.06. The number of rotatable bonds is 5. The van der Waals surface area contributed by atoms with E-state index in [9.17, 15) is 14.9 Å². The van der Waals surface area contributed by atoms with Gasteiger partial charge < -0.3 is 0 Å². The van der Waals surface area contributed by atoms with Gasteiger partial charge in [0.25, 0.3) is 11.6 Å². The van der Waals surface area contributed by atoms with Crippen LogP contribution in [0.1, 0.15) is 16.7 Å². The van der Waals surface area contributed by atoms with Crippen LogP contribution >= 0.6 is 0 Å². The highest BCUT2D eigenvalue weighted by molar-refractivity contribution is 5.83. The van der Waals surface area contributed by atoms with Gasteiger partial charge in [0.1, 0.15) is 0 Å². The first-order valence-corrected chi connectivity index (χ1v) is 7.47. The lowest BCUT2D eigenvalue weighted by atomic mass is 10.1. The van der Waals surface area contributed by atoms with E-state index in [1.54, 1.807) is 12.1 Å². The third kappa shape index (κ3) is 3.82. The van der Waals surface area contributed by atoms with E-state index in [0.717, 1.165) is 13.1 Å². The number of fused-ring (bicyclic) bond motifs is 1. The number of nitrogens with one attached hydrogen (secondary N) is 1. The van der Waals surface area contributed by atoms with Crippen LogP contribution in [0.5, 0.6) is 0 Å². The summed E-state index contributed by atoms with van der Waals surface area (Å²) in [6.07, 6.45) is 1.46. The maximum atomic E-state index is 11.9. The highest BCUT2D eigenvalue weighted by Crippen LogP contribution is 2.21. The van der Waals surface area contributed by atoms with Crippen LogP contribution in [-0.4, -0.2) is 28.5 Å². The molecule has 2 aromatic carbocycles. The van der Waals surface area contributed by atoms with Crippen LogP contribution < -0.4 is 5.43 Å².